The van der Waals surface area contributed by atoms with Crippen LogP contribution < -0.4 is 20.1 Å². The normalized spacial score (nSPS) is 10.3. The van der Waals surface area contributed by atoms with E-state index in [1.54, 1.807) is 44.9 Å². The summed E-state index contributed by atoms with van der Waals surface area (Å²) in [5, 5.41) is 5.69. The van der Waals surface area contributed by atoms with Gasteiger partial charge in [-0.3, -0.25) is 0 Å². The fourth-order valence-electron chi connectivity index (χ4n) is 2.69. The number of anilines is 1. The molecule has 1 heterocycles. The molecule has 3 aromatic rings. The molecular weight excluding hydrogens is 344 g/mol. The van der Waals surface area contributed by atoms with Crippen molar-refractivity contribution in [1.29, 1.82) is 0 Å². The van der Waals surface area contributed by atoms with Gasteiger partial charge in [-0.15, -0.1) is 0 Å². The van der Waals surface area contributed by atoms with Gasteiger partial charge in [0.1, 0.15) is 11.5 Å². The number of nitrogens with one attached hydrogen (secondary N) is 2. The van der Waals surface area contributed by atoms with E-state index < -0.39 is 0 Å². The lowest BCUT2D eigenvalue weighted by molar-refractivity contribution is 0.251. The van der Waals surface area contributed by atoms with Gasteiger partial charge in [0, 0.05) is 49.4 Å². The van der Waals surface area contributed by atoms with Crippen molar-refractivity contribution >= 4 is 11.7 Å². The van der Waals surface area contributed by atoms with Crippen LogP contribution in [-0.4, -0.2) is 29.8 Å². The van der Waals surface area contributed by atoms with E-state index in [2.05, 4.69) is 15.6 Å². The highest BCUT2D eigenvalue weighted by molar-refractivity contribution is 5.89. The van der Waals surface area contributed by atoms with Gasteiger partial charge in [-0.1, -0.05) is 24.3 Å². The highest BCUT2D eigenvalue weighted by Crippen LogP contribution is 2.25. The first-order valence-electron chi connectivity index (χ1n) is 8.48. The van der Waals surface area contributed by atoms with Gasteiger partial charge in [0.15, 0.2) is 0 Å². The zero-order valence-corrected chi connectivity index (χ0v) is 15.3. The minimum atomic E-state index is -0.303. The molecule has 0 atom stereocenters. The third kappa shape index (κ3) is 5.01. The molecule has 2 amide bonds. The summed E-state index contributed by atoms with van der Waals surface area (Å²) in [5.74, 6) is 1.21. The SMILES string of the molecule is COc1cc(NC(=O)NCc2ccccc2Cn2ccnc2)cc(OC)c1. The van der Waals surface area contributed by atoms with E-state index in [1.807, 2.05) is 35.0 Å². The number of rotatable bonds is 7. The molecule has 7 nitrogen and oxygen atoms in total. The largest absolute Gasteiger partial charge is 0.497 e. The van der Waals surface area contributed by atoms with E-state index in [-0.39, 0.29) is 6.03 Å². The Hall–Kier alpha value is -3.48. The predicted molar refractivity (Wildman–Crippen MR) is 103 cm³/mol. The topological polar surface area (TPSA) is 77.4 Å². The number of amides is 2. The van der Waals surface area contributed by atoms with Crippen molar-refractivity contribution < 1.29 is 14.3 Å². The maximum atomic E-state index is 12.3. The second-order valence-corrected chi connectivity index (χ2v) is 5.91. The minimum absolute atomic E-state index is 0.303. The van der Waals surface area contributed by atoms with Gasteiger partial charge >= 0.3 is 6.03 Å². The Morgan fingerprint density at radius 3 is 2.41 bits per heavy atom. The Morgan fingerprint density at radius 2 is 1.78 bits per heavy atom. The van der Waals surface area contributed by atoms with E-state index in [0.717, 1.165) is 11.1 Å². The summed E-state index contributed by atoms with van der Waals surface area (Å²) in [5.41, 5.74) is 2.76. The number of benzene rings is 2. The molecule has 2 N–H and O–H groups in total. The van der Waals surface area contributed by atoms with Gasteiger partial charge in [-0.2, -0.15) is 0 Å². The summed E-state index contributed by atoms with van der Waals surface area (Å²) in [7, 11) is 3.13. The number of imidazole rings is 1. The Bertz CT molecular complexity index is 872. The third-order valence-electron chi connectivity index (χ3n) is 4.08. The predicted octanol–water partition coefficient (Wildman–Crippen LogP) is 3.27. The van der Waals surface area contributed by atoms with E-state index >= 15 is 0 Å². The standard InChI is InChI=1S/C20H22N4O3/c1-26-18-9-17(10-19(11-18)27-2)23-20(25)22-12-15-5-3-4-6-16(15)13-24-8-7-21-14-24/h3-11,14H,12-13H2,1-2H3,(H2,22,23,25). The van der Waals surface area contributed by atoms with Crippen LogP contribution in [0.1, 0.15) is 11.1 Å². The van der Waals surface area contributed by atoms with Crippen LogP contribution in [0.15, 0.2) is 61.2 Å². The third-order valence-corrected chi connectivity index (χ3v) is 4.08. The van der Waals surface area contributed by atoms with Crippen molar-refractivity contribution in [3.8, 4) is 11.5 Å². The van der Waals surface area contributed by atoms with Gasteiger partial charge in [-0.25, -0.2) is 9.78 Å². The number of methoxy groups -OCH3 is 2. The Balaban J connectivity index is 1.63. The average Bonchev–Trinajstić information content (AvgIpc) is 3.20. The van der Waals surface area contributed by atoms with Crippen molar-refractivity contribution in [2.75, 3.05) is 19.5 Å². The fourth-order valence-corrected chi connectivity index (χ4v) is 2.69. The summed E-state index contributed by atoms with van der Waals surface area (Å²) in [6, 6.07) is 12.9. The average molecular weight is 366 g/mol. The lowest BCUT2D eigenvalue weighted by Gasteiger charge is -2.13. The molecule has 0 bridgehead atoms. The molecule has 1 aromatic heterocycles. The molecule has 0 aliphatic carbocycles. The molecule has 27 heavy (non-hydrogen) atoms. The molecule has 2 aromatic carbocycles. The van der Waals surface area contributed by atoms with Crippen LogP contribution in [0.2, 0.25) is 0 Å². The second-order valence-electron chi connectivity index (χ2n) is 5.91. The second kappa shape index (κ2) is 8.75. The van der Waals surface area contributed by atoms with Crippen LogP contribution in [0.3, 0.4) is 0 Å². The molecule has 0 spiro atoms. The number of urea groups is 1. The smallest absolute Gasteiger partial charge is 0.319 e. The molecule has 140 valence electrons. The van der Waals surface area contributed by atoms with E-state index in [0.29, 0.717) is 30.3 Å². The first-order chi connectivity index (χ1) is 13.2. The van der Waals surface area contributed by atoms with Gasteiger partial charge < -0.3 is 24.7 Å². The summed E-state index contributed by atoms with van der Waals surface area (Å²) in [6.07, 6.45) is 5.43. The van der Waals surface area contributed by atoms with Gasteiger partial charge in [-0.05, 0) is 11.1 Å². The van der Waals surface area contributed by atoms with E-state index in [4.69, 9.17) is 9.47 Å². The maximum Gasteiger partial charge on any atom is 0.319 e. The van der Waals surface area contributed by atoms with Crippen molar-refractivity contribution in [2.24, 2.45) is 0 Å². The summed E-state index contributed by atoms with van der Waals surface area (Å²) < 4.78 is 12.4. The molecule has 3 rings (SSSR count). The Kier molecular flexibility index (Phi) is 5.94. The fraction of sp³-hybridized carbons (Fsp3) is 0.200. The first kappa shape index (κ1) is 18.3. The summed E-state index contributed by atoms with van der Waals surface area (Å²) >= 11 is 0. The number of carbonyl (C=O) groups excluding carboxylic acids is 1. The van der Waals surface area contributed by atoms with Crippen LogP contribution in [0.5, 0.6) is 11.5 Å². The molecule has 0 radical (unpaired) electrons. The molecule has 0 aliphatic rings. The molecule has 7 heteroatoms. The van der Waals surface area contributed by atoms with Crippen LogP contribution in [0, 0.1) is 0 Å². The monoisotopic (exact) mass is 366 g/mol. The van der Waals surface area contributed by atoms with Crippen molar-refractivity contribution in [1.82, 2.24) is 14.9 Å². The molecule has 0 fully saturated rings. The number of nitrogens with zero attached hydrogens (tertiary/aromatic N) is 2. The minimum Gasteiger partial charge on any atom is -0.497 e. The maximum absolute atomic E-state index is 12.3. The van der Waals surface area contributed by atoms with Crippen LogP contribution in [0.4, 0.5) is 10.5 Å². The zero-order valence-electron chi connectivity index (χ0n) is 15.3. The van der Waals surface area contributed by atoms with Crippen LogP contribution in [0.25, 0.3) is 0 Å². The first-order valence-corrected chi connectivity index (χ1v) is 8.48. The molecular formula is C20H22N4O3. The highest BCUT2D eigenvalue weighted by atomic mass is 16.5. The van der Waals surface area contributed by atoms with Gasteiger partial charge in [0.2, 0.25) is 0 Å². The number of hydrogen-bond donors (Lipinski definition) is 2. The Labute approximate surface area is 157 Å². The van der Waals surface area contributed by atoms with Gasteiger partial charge in [0.05, 0.1) is 20.5 Å². The van der Waals surface area contributed by atoms with E-state index in [9.17, 15) is 4.79 Å². The molecule has 0 aliphatic heterocycles. The lowest BCUT2D eigenvalue weighted by atomic mass is 10.1. The zero-order chi connectivity index (χ0) is 19.1. The molecule has 0 saturated heterocycles. The number of aromatic nitrogens is 2. The van der Waals surface area contributed by atoms with Crippen molar-refractivity contribution in [2.45, 2.75) is 13.1 Å². The number of ether oxygens (including phenoxy) is 2. The van der Waals surface area contributed by atoms with Crippen molar-refractivity contribution in [3.63, 3.8) is 0 Å². The van der Waals surface area contributed by atoms with Crippen LogP contribution in [-0.2, 0) is 13.1 Å². The number of carbonyl (C=O) groups is 1. The van der Waals surface area contributed by atoms with Gasteiger partial charge in [0.25, 0.3) is 0 Å². The van der Waals surface area contributed by atoms with Crippen molar-refractivity contribution in [3.05, 3.63) is 72.3 Å². The lowest BCUT2D eigenvalue weighted by Crippen LogP contribution is -2.28. The van der Waals surface area contributed by atoms with Crippen LogP contribution >= 0.6 is 0 Å². The Morgan fingerprint density at radius 1 is 1.07 bits per heavy atom. The highest BCUT2D eigenvalue weighted by Gasteiger charge is 2.08. The molecule has 0 saturated carbocycles. The quantitative estimate of drug-likeness (QED) is 0.673. The molecule has 0 unspecified atom stereocenters. The van der Waals surface area contributed by atoms with E-state index in [1.165, 1.54) is 0 Å². The summed E-state index contributed by atoms with van der Waals surface area (Å²) in [4.78, 5) is 16.4. The summed E-state index contributed by atoms with van der Waals surface area (Å²) in [6.45, 7) is 1.12. The number of hydrogen-bond acceptors (Lipinski definition) is 4.